The van der Waals surface area contributed by atoms with Gasteiger partial charge in [0, 0.05) is 6.54 Å². The number of hydrogen-bond acceptors (Lipinski definition) is 2. The number of hydrogen-bond donors (Lipinski definition) is 1. The Morgan fingerprint density at radius 2 is 2.31 bits per heavy atom. The fourth-order valence-corrected chi connectivity index (χ4v) is 1.53. The summed E-state index contributed by atoms with van der Waals surface area (Å²) in [7, 11) is 0. The van der Waals surface area contributed by atoms with E-state index in [-0.39, 0.29) is 12.5 Å². The van der Waals surface area contributed by atoms with Gasteiger partial charge in [0.15, 0.2) is 0 Å². The van der Waals surface area contributed by atoms with E-state index in [4.69, 9.17) is 0 Å². The summed E-state index contributed by atoms with van der Waals surface area (Å²) in [5.74, 6) is -0.0388. The molecule has 82 valence electrons. The van der Waals surface area contributed by atoms with Crippen molar-refractivity contribution in [3.8, 4) is 0 Å². The number of para-hydroxylation sites is 2. The van der Waals surface area contributed by atoms with Gasteiger partial charge in [-0.25, -0.2) is 4.98 Å². The Morgan fingerprint density at radius 1 is 1.50 bits per heavy atom. The average Bonchev–Trinajstić information content (AvgIpc) is 2.70. The van der Waals surface area contributed by atoms with Gasteiger partial charge in [-0.15, -0.1) is 6.58 Å². The highest BCUT2D eigenvalue weighted by Crippen LogP contribution is 2.11. The van der Waals surface area contributed by atoms with Gasteiger partial charge in [-0.05, 0) is 12.1 Å². The van der Waals surface area contributed by atoms with Crippen molar-refractivity contribution >= 4 is 16.9 Å². The number of carbonyl (C=O) groups excluding carboxylic acids is 1. The fourth-order valence-electron chi connectivity index (χ4n) is 1.53. The largest absolute Gasteiger partial charge is 0.351 e. The van der Waals surface area contributed by atoms with Crippen LogP contribution in [0.4, 0.5) is 0 Å². The monoisotopic (exact) mass is 215 g/mol. The van der Waals surface area contributed by atoms with Crippen molar-refractivity contribution in [2.24, 2.45) is 0 Å². The number of benzene rings is 1. The number of carbonyl (C=O) groups is 1. The fraction of sp³-hybridized carbons (Fsp3) is 0.167. The summed E-state index contributed by atoms with van der Waals surface area (Å²) in [5.41, 5.74) is 1.87. The molecule has 0 bridgehead atoms. The summed E-state index contributed by atoms with van der Waals surface area (Å²) in [6.45, 7) is 4.32. The van der Waals surface area contributed by atoms with Crippen LogP contribution < -0.4 is 5.32 Å². The van der Waals surface area contributed by atoms with E-state index in [1.54, 1.807) is 12.4 Å². The first-order valence-corrected chi connectivity index (χ1v) is 5.08. The first kappa shape index (κ1) is 10.4. The van der Waals surface area contributed by atoms with E-state index in [9.17, 15) is 4.79 Å². The van der Waals surface area contributed by atoms with Gasteiger partial charge in [-0.2, -0.15) is 0 Å². The Hall–Kier alpha value is -2.10. The molecule has 1 N–H and O–H groups in total. The van der Waals surface area contributed by atoms with Crippen molar-refractivity contribution < 1.29 is 4.79 Å². The Morgan fingerprint density at radius 3 is 3.12 bits per heavy atom. The molecule has 1 aromatic carbocycles. The molecule has 0 saturated carbocycles. The van der Waals surface area contributed by atoms with Gasteiger partial charge in [-0.3, -0.25) is 4.79 Å². The first-order chi connectivity index (χ1) is 7.81. The third-order valence-corrected chi connectivity index (χ3v) is 2.28. The molecular formula is C12H13N3O. The molecule has 0 atom stereocenters. The predicted octanol–water partition coefficient (Wildman–Crippen LogP) is 1.34. The van der Waals surface area contributed by atoms with Crippen LogP contribution in [0.5, 0.6) is 0 Å². The summed E-state index contributed by atoms with van der Waals surface area (Å²) in [6.07, 6.45) is 3.34. The van der Waals surface area contributed by atoms with E-state index in [1.165, 1.54) is 0 Å². The topological polar surface area (TPSA) is 46.9 Å². The number of nitrogens with one attached hydrogen (secondary N) is 1. The smallest absolute Gasteiger partial charge is 0.240 e. The summed E-state index contributed by atoms with van der Waals surface area (Å²) in [5, 5.41) is 2.73. The molecule has 0 unspecified atom stereocenters. The molecule has 0 radical (unpaired) electrons. The number of amides is 1. The van der Waals surface area contributed by atoms with Gasteiger partial charge in [0.1, 0.15) is 6.54 Å². The van der Waals surface area contributed by atoms with Crippen LogP contribution in [-0.4, -0.2) is 22.0 Å². The van der Waals surface area contributed by atoms with Crippen molar-refractivity contribution in [3.63, 3.8) is 0 Å². The van der Waals surface area contributed by atoms with Crippen molar-refractivity contribution in [1.82, 2.24) is 14.9 Å². The molecule has 1 heterocycles. The van der Waals surface area contributed by atoms with E-state index in [2.05, 4.69) is 16.9 Å². The number of aromatic nitrogens is 2. The molecule has 0 spiro atoms. The first-order valence-electron chi connectivity index (χ1n) is 5.08. The lowest BCUT2D eigenvalue weighted by Crippen LogP contribution is -2.27. The summed E-state index contributed by atoms with van der Waals surface area (Å²) in [6, 6.07) is 7.73. The summed E-state index contributed by atoms with van der Waals surface area (Å²) in [4.78, 5) is 15.7. The Labute approximate surface area is 93.6 Å². The predicted molar refractivity (Wildman–Crippen MR) is 62.9 cm³/mol. The zero-order chi connectivity index (χ0) is 11.4. The number of fused-ring (bicyclic) bond motifs is 1. The molecular weight excluding hydrogens is 202 g/mol. The minimum atomic E-state index is -0.0388. The van der Waals surface area contributed by atoms with E-state index in [1.807, 2.05) is 28.8 Å². The molecule has 0 aliphatic rings. The zero-order valence-corrected chi connectivity index (χ0v) is 8.89. The second kappa shape index (κ2) is 4.61. The Bertz CT molecular complexity index is 516. The highest BCUT2D eigenvalue weighted by Gasteiger charge is 2.05. The van der Waals surface area contributed by atoms with Gasteiger partial charge >= 0.3 is 0 Å². The van der Waals surface area contributed by atoms with E-state index >= 15 is 0 Å². The van der Waals surface area contributed by atoms with Crippen LogP contribution in [0.2, 0.25) is 0 Å². The molecule has 2 aromatic rings. The molecule has 4 heteroatoms. The van der Waals surface area contributed by atoms with Crippen molar-refractivity contribution in [2.75, 3.05) is 6.54 Å². The molecule has 0 fully saturated rings. The van der Waals surface area contributed by atoms with Gasteiger partial charge in [0.05, 0.1) is 17.4 Å². The molecule has 1 aromatic heterocycles. The van der Waals surface area contributed by atoms with Gasteiger partial charge < -0.3 is 9.88 Å². The van der Waals surface area contributed by atoms with Gasteiger partial charge in [0.2, 0.25) is 5.91 Å². The van der Waals surface area contributed by atoms with E-state index in [0.29, 0.717) is 6.54 Å². The van der Waals surface area contributed by atoms with Crippen LogP contribution in [0.1, 0.15) is 0 Å². The number of nitrogens with zero attached hydrogens (tertiary/aromatic N) is 2. The van der Waals surface area contributed by atoms with Crippen LogP contribution >= 0.6 is 0 Å². The standard InChI is InChI=1S/C12H13N3O/c1-2-7-13-12(16)8-15-9-14-10-5-3-4-6-11(10)15/h2-6,9H,1,7-8H2,(H,13,16). The highest BCUT2D eigenvalue weighted by atomic mass is 16.1. The lowest BCUT2D eigenvalue weighted by molar-refractivity contribution is -0.121. The van der Waals surface area contributed by atoms with Crippen LogP contribution in [0.25, 0.3) is 11.0 Å². The minimum absolute atomic E-state index is 0.0388. The molecule has 2 rings (SSSR count). The normalized spacial score (nSPS) is 10.2. The van der Waals surface area contributed by atoms with Gasteiger partial charge in [-0.1, -0.05) is 18.2 Å². The number of rotatable bonds is 4. The molecule has 0 aliphatic carbocycles. The van der Waals surface area contributed by atoms with Gasteiger partial charge in [0.25, 0.3) is 0 Å². The lowest BCUT2D eigenvalue weighted by Gasteiger charge is -2.04. The second-order valence-electron chi connectivity index (χ2n) is 3.45. The molecule has 0 saturated heterocycles. The third kappa shape index (κ3) is 2.11. The number of imidazole rings is 1. The van der Waals surface area contributed by atoms with Crippen molar-refractivity contribution in [3.05, 3.63) is 43.2 Å². The Balaban J connectivity index is 2.15. The summed E-state index contributed by atoms with van der Waals surface area (Å²) >= 11 is 0. The SMILES string of the molecule is C=CCNC(=O)Cn1cnc2ccccc21. The Kier molecular flexibility index (Phi) is 3.00. The maximum Gasteiger partial charge on any atom is 0.240 e. The highest BCUT2D eigenvalue weighted by molar-refractivity contribution is 5.80. The molecule has 1 amide bonds. The summed E-state index contributed by atoms with van der Waals surface area (Å²) < 4.78 is 1.83. The van der Waals surface area contributed by atoms with Crippen LogP contribution in [-0.2, 0) is 11.3 Å². The van der Waals surface area contributed by atoms with E-state index < -0.39 is 0 Å². The molecule has 16 heavy (non-hydrogen) atoms. The maximum absolute atomic E-state index is 11.5. The quantitative estimate of drug-likeness (QED) is 0.782. The van der Waals surface area contributed by atoms with Crippen LogP contribution in [0, 0.1) is 0 Å². The zero-order valence-electron chi connectivity index (χ0n) is 8.89. The van der Waals surface area contributed by atoms with Crippen molar-refractivity contribution in [1.29, 1.82) is 0 Å². The van der Waals surface area contributed by atoms with E-state index in [0.717, 1.165) is 11.0 Å². The van der Waals surface area contributed by atoms with Crippen molar-refractivity contribution in [2.45, 2.75) is 6.54 Å². The minimum Gasteiger partial charge on any atom is -0.351 e. The van der Waals surface area contributed by atoms with Crippen LogP contribution in [0.15, 0.2) is 43.2 Å². The average molecular weight is 215 g/mol. The molecule has 0 aliphatic heterocycles. The third-order valence-electron chi connectivity index (χ3n) is 2.28. The maximum atomic E-state index is 11.5. The lowest BCUT2D eigenvalue weighted by atomic mass is 10.3. The van der Waals surface area contributed by atoms with Crippen LogP contribution in [0.3, 0.4) is 0 Å². The second-order valence-corrected chi connectivity index (χ2v) is 3.45. The molecule has 4 nitrogen and oxygen atoms in total.